The van der Waals surface area contributed by atoms with Crippen LogP contribution in [0.15, 0.2) is 175 Å². The largest absolute Gasteiger partial charge is 0.0751 e. The standard InChI is InChI=1S/C50H34/c1-4-12-38-29-41(24-19-33(38)9-1)36-17-22-37(23-18-36)49-45-15-7-8-16-46(45)50(44-26-21-35-11-3-6-14-40(35)31-44)48-32-43(27-28-47(48)49)42-25-20-34-10-2-5-13-39(34)30-42/h1-26,28-32,43H,27H2/i2D,3D,5D,6D,7D,8D,10D,11D,13D,14D,15D,16D,20D,21D,25D,26D,27D,28D,30D,31D,32D. The molecule has 9 aromatic rings. The predicted molar refractivity (Wildman–Crippen MR) is 215 cm³/mol. The van der Waals surface area contributed by atoms with Gasteiger partial charge in [-0.3, -0.25) is 0 Å². The van der Waals surface area contributed by atoms with Crippen LogP contribution in [0.3, 0.4) is 0 Å². The van der Waals surface area contributed by atoms with Gasteiger partial charge in [0.05, 0.1) is 27.4 Å². The van der Waals surface area contributed by atoms with Gasteiger partial charge in [0.2, 0.25) is 0 Å². The lowest BCUT2D eigenvalue weighted by molar-refractivity contribution is 0.924. The first-order chi connectivity index (χ1) is 33.5. The molecule has 1 aliphatic carbocycles. The Balaban J connectivity index is 1.44. The highest BCUT2D eigenvalue weighted by Gasteiger charge is 2.20. The number of hydrogen-bond acceptors (Lipinski definition) is 0. The van der Waals surface area contributed by atoms with Gasteiger partial charge >= 0.3 is 0 Å². The zero-order valence-electron chi connectivity index (χ0n) is 47.0. The summed E-state index contributed by atoms with van der Waals surface area (Å²) in [5, 5.41) is -1.43. The molecule has 0 bridgehead atoms. The van der Waals surface area contributed by atoms with Crippen molar-refractivity contribution in [3.63, 3.8) is 0 Å². The smallest absolute Gasteiger partial charge is 0.0636 e. The first-order valence-corrected chi connectivity index (χ1v) is 15.8. The molecule has 0 aliphatic heterocycles. The molecular weight excluding hydrogens is 601 g/mol. The van der Waals surface area contributed by atoms with Crippen molar-refractivity contribution in [2.45, 2.75) is 12.3 Å². The van der Waals surface area contributed by atoms with Crippen molar-refractivity contribution < 1.29 is 28.8 Å². The Morgan fingerprint density at radius 1 is 0.460 bits per heavy atom. The number of hydrogen-bond donors (Lipinski definition) is 0. The maximum atomic E-state index is 10.2. The molecule has 9 aromatic carbocycles. The highest BCUT2D eigenvalue weighted by molar-refractivity contribution is 6.07. The fraction of sp³-hybridized carbons (Fsp3) is 0.0400. The summed E-state index contributed by atoms with van der Waals surface area (Å²) in [4.78, 5) is 0. The van der Waals surface area contributed by atoms with E-state index in [2.05, 4.69) is 0 Å². The Hall–Kier alpha value is -6.24. The summed E-state index contributed by atoms with van der Waals surface area (Å²) in [5.41, 5.74) is 0.0307. The molecule has 10 rings (SSSR count). The number of rotatable bonds is 4. The topological polar surface area (TPSA) is 0 Å². The molecule has 0 fully saturated rings. The molecule has 0 amide bonds. The third-order valence-corrected chi connectivity index (χ3v) is 8.97. The van der Waals surface area contributed by atoms with Gasteiger partial charge in [0, 0.05) is 7.29 Å². The second kappa shape index (κ2) is 11.7. The second-order valence-electron chi connectivity index (χ2n) is 11.9. The number of fused-ring (bicyclic) bond motifs is 5. The lowest BCUT2D eigenvalue weighted by Gasteiger charge is -2.22. The summed E-state index contributed by atoms with van der Waals surface area (Å²) in [5.74, 6) is -1.89. The fourth-order valence-electron chi connectivity index (χ4n) is 6.59. The van der Waals surface area contributed by atoms with Crippen molar-refractivity contribution in [1.82, 2.24) is 0 Å². The summed E-state index contributed by atoms with van der Waals surface area (Å²) in [6.07, 6.45) is -1.95. The summed E-state index contributed by atoms with van der Waals surface area (Å²) in [7, 11) is 0. The second-order valence-corrected chi connectivity index (χ2v) is 11.9. The highest BCUT2D eigenvalue weighted by Crippen LogP contribution is 2.36. The van der Waals surface area contributed by atoms with Crippen LogP contribution < -0.4 is 10.4 Å². The van der Waals surface area contributed by atoms with E-state index in [1.54, 1.807) is 24.3 Å². The lowest BCUT2D eigenvalue weighted by atomic mass is 9.82. The molecule has 0 saturated carbocycles. The van der Waals surface area contributed by atoms with Crippen molar-refractivity contribution in [2.75, 3.05) is 0 Å². The first-order valence-electron chi connectivity index (χ1n) is 26.4. The third-order valence-electron chi connectivity index (χ3n) is 8.97. The minimum atomic E-state index is -1.95. The summed E-state index contributed by atoms with van der Waals surface area (Å²) >= 11 is 0. The molecular formula is C50H34. The van der Waals surface area contributed by atoms with Crippen LogP contribution in [-0.4, -0.2) is 0 Å². The maximum Gasteiger partial charge on any atom is 0.0636 e. The molecule has 234 valence electrons. The van der Waals surface area contributed by atoms with E-state index in [1.807, 2.05) is 42.5 Å². The fourth-order valence-corrected chi connectivity index (χ4v) is 6.59. The van der Waals surface area contributed by atoms with Crippen molar-refractivity contribution in [3.05, 3.63) is 191 Å². The van der Waals surface area contributed by atoms with Crippen molar-refractivity contribution in [2.24, 2.45) is 0 Å². The van der Waals surface area contributed by atoms with Crippen molar-refractivity contribution in [1.29, 1.82) is 0 Å². The van der Waals surface area contributed by atoms with Crippen LogP contribution in [0.25, 0.3) is 88.6 Å². The molecule has 2 unspecified atom stereocenters. The molecule has 2 atom stereocenters. The highest BCUT2D eigenvalue weighted by atomic mass is 14.2. The Morgan fingerprint density at radius 2 is 1.06 bits per heavy atom. The molecule has 50 heavy (non-hydrogen) atoms. The summed E-state index contributed by atoms with van der Waals surface area (Å²) in [6, 6.07) is 5.36. The van der Waals surface area contributed by atoms with E-state index in [0.717, 1.165) is 21.9 Å². The molecule has 0 N–H and O–H groups in total. The maximum absolute atomic E-state index is 10.2. The van der Waals surface area contributed by atoms with E-state index < -0.39 is 182 Å². The minimum absolute atomic E-state index is 0.0703. The van der Waals surface area contributed by atoms with Gasteiger partial charge in [-0.05, 0) is 111 Å². The predicted octanol–water partition coefficient (Wildman–Crippen LogP) is 12.0. The molecule has 1 aliphatic rings. The van der Waals surface area contributed by atoms with E-state index in [4.69, 9.17) is 15.1 Å². The Kier molecular flexibility index (Phi) is 3.45. The minimum Gasteiger partial charge on any atom is -0.0751 e. The first kappa shape index (κ1) is 14.7. The van der Waals surface area contributed by atoms with Gasteiger partial charge in [-0.25, -0.2) is 0 Å². The molecule has 0 heteroatoms. The van der Waals surface area contributed by atoms with Gasteiger partial charge < -0.3 is 0 Å². The average Bonchev–Trinajstić information content (AvgIpc) is 3.36. The van der Waals surface area contributed by atoms with Gasteiger partial charge in [-0.2, -0.15) is 0 Å². The Labute approximate surface area is 321 Å². The normalized spacial score (nSPS) is 21.8. The van der Waals surface area contributed by atoms with Crippen molar-refractivity contribution in [3.8, 4) is 33.4 Å². The number of benzene rings is 9. The van der Waals surface area contributed by atoms with Gasteiger partial charge in [-0.15, -0.1) is 0 Å². The molecule has 0 radical (unpaired) electrons. The van der Waals surface area contributed by atoms with E-state index in [9.17, 15) is 13.7 Å². The van der Waals surface area contributed by atoms with Crippen LogP contribution in [0, 0.1) is 0 Å². The van der Waals surface area contributed by atoms with Gasteiger partial charge in [0.15, 0.2) is 0 Å². The lowest BCUT2D eigenvalue weighted by Crippen LogP contribution is -2.33. The molecule has 0 saturated heterocycles. The van der Waals surface area contributed by atoms with Crippen LogP contribution >= 0.6 is 0 Å². The van der Waals surface area contributed by atoms with Gasteiger partial charge in [0.25, 0.3) is 0 Å². The monoisotopic (exact) mass is 655 g/mol. The van der Waals surface area contributed by atoms with Gasteiger partial charge in [0.1, 0.15) is 0 Å². The van der Waals surface area contributed by atoms with Crippen LogP contribution in [0.5, 0.6) is 0 Å². The van der Waals surface area contributed by atoms with E-state index >= 15 is 0 Å². The average molecular weight is 656 g/mol. The molecule has 0 heterocycles. The van der Waals surface area contributed by atoms with Crippen molar-refractivity contribution >= 4 is 55.2 Å². The van der Waals surface area contributed by atoms with E-state index in [0.29, 0.717) is 0 Å². The molecule has 0 nitrogen and oxygen atoms in total. The van der Waals surface area contributed by atoms with E-state index in [1.165, 1.54) is 0 Å². The Morgan fingerprint density at radius 3 is 1.82 bits per heavy atom. The van der Waals surface area contributed by atoms with Crippen LogP contribution in [0.1, 0.15) is 46.7 Å². The zero-order chi connectivity index (χ0) is 51.3. The third kappa shape index (κ3) is 4.84. The van der Waals surface area contributed by atoms with Gasteiger partial charge in [-0.1, -0.05) is 175 Å². The van der Waals surface area contributed by atoms with E-state index in [-0.39, 0.29) is 21.7 Å². The quantitative estimate of drug-likeness (QED) is 0.177. The summed E-state index contributed by atoms with van der Waals surface area (Å²) in [6.45, 7) is 0. The van der Waals surface area contributed by atoms with Crippen LogP contribution in [-0.2, 0) is 0 Å². The van der Waals surface area contributed by atoms with Crippen LogP contribution in [0.4, 0.5) is 0 Å². The Bertz CT molecular complexity index is 4070. The van der Waals surface area contributed by atoms with Crippen LogP contribution in [0.2, 0.25) is 0 Å². The zero-order valence-corrected chi connectivity index (χ0v) is 26.0. The molecule has 0 spiro atoms. The summed E-state index contributed by atoms with van der Waals surface area (Å²) < 4.78 is 191. The SMILES string of the molecule is [2H]C1=c2c(-c3ccc(-c4ccc5ccccc5c4)cc3)c3c([2H])c([2H])c([2H])c([2H])c3c(-c3c([2H])c([2H])c4c([2H])c([2H])c([2H])c([2H])c4c3[2H])c2=C([2H])C(c2c([2H])c([2H])c3c([2H])c([2H])c([2H])c([2H])c3c2[2H])C1[2H]. The molecule has 0 aromatic heterocycles.